The molecule has 0 bridgehead atoms. The molecule has 0 saturated heterocycles. The number of para-hydroxylation sites is 1. The molecule has 0 aliphatic carbocycles. The second-order valence-electron chi connectivity index (χ2n) is 5.51. The quantitative estimate of drug-likeness (QED) is 0.720. The zero-order chi connectivity index (χ0) is 17.5. The van der Waals surface area contributed by atoms with Gasteiger partial charge in [-0.2, -0.15) is 0 Å². The molecule has 1 amide bonds. The normalized spacial score (nSPS) is 10.6. The van der Waals surface area contributed by atoms with Crippen molar-refractivity contribution >= 4 is 11.6 Å². The van der Waals surface area contributed by atoms with Gasteiger partial charge in [0.15, 0.2) is 5.82 Å². The summed E-state index contributed by atoms with van der Waals surface area (Å²) < 4.78 is 7.41. The lowest BCUT2D eigenvalue weighted by molar-refractivity contribution is -0.121. The van der Waals surface area contributed by atoms with Crippen LogP contribution in [0.2, 0.25) is 0 Å². The van der Waals surface area contributed by atoms with Crippen molar-refractivity contribution < 1.29 is 9.53 Å². The molecule has 6 nitrogen and oxygen atoms in total. The molecular weight excluding hydrogens is 316 g/mol. The minimum absolute atomic E-state index is 0.0102. The summed E-state index contributed by atoms with van der Waals surface area (Å²) in [6.07, 6.45) is 1.68. The van der Waals surface area contributed by atoms with Crippen molar-refractivity contribution in [3.8, 4) is 11.4 Å². The molecule has 3 aromatic rings. The minimum atomic E-state index is -0.203. The lowest BCUT2D eigenvalue weighted by Gasteiger charge is -2.11. The van der Waals surface area contributed by atoms with Crippen molar-refractivity contribution in [2.45, 2.75) is 20.1 Å². The summed E-state index contributed by atoms with van der Waals surface area (Å²) in [4.78, 5) is 12.2. The monoisotopic (exact) mass is 336 g/mol. The van der Waals surface area contributed by atoms with Gasteiger partial charge in [-0.05, 0) is 24.6 Å². The van der Waals surface area contributed by atoms with E-state index < -0.39 is 0 Å². The van der Waals surface area contributed by atoms with Gasteiger partial charge in [-0.3, -0.25) is 4.79 Å². The van der Waals surface area contributed by atoms with Crippen LogP contribution in [-0.2, 0) is 22.7 Å². The van der Waals surface area contributed by atoms with E-state index in [2.05, 4.69) is 15.5 Å². The number of aromatic nitrogens is 3. The fourth-order valence-corrected chi connectivity index (χ4v) is 2.50. The van der Waals surface area contributed by atoms with Gasteiger partial charge in [0, 0.05) is 12.1 Å². The first-order valence-corrected chi connectivity index (χ1v) is 8.16. The molecule has 0 spiro atoms. The van der Waals surface area contributed by atoms with E-state index in [1.807, 2.05) is 66.1 Å². The van der Waals surface area contributed by atoms with Gasteiger partial charge in [0.1, 0.15) is 12.9 Å². The van der Waals surface area contributed by atoms with Crippen LogP contribution in [0.25, 0.3) is 11.4 Å². The molecule has 0 aliphatic heterocycles. The summed E-state index contributed by atoms with van der Waals surface area (Å²) >= 11 is 0. The Morgan fingerprint density at radius 2 is 1.88 bits per heavy atom. The Hall–Kier alpha value is -2.99. The summed E-state index contributed by atoms with van der Waals surface area (Å²) in [5.41, 5.74) is 2.56. The first-order chi connectivity index (χ1) is 12.3. The highest BCUT2D eigenvalue weighted by atomic mass is 16.5. The number of ether oxygens (including phenoxy) is 1. The molecule has 2 aromatic carbocycles. The number of anilines is 1. The number of rotatable bonds is 7. The number of carbonyl (C=O) groups excluding carboxylic acids is 1. The maximum absolute atomic E-state index is 12.2. The summed E-state index contributed by atoms with van der Waals surface area (Å²) in [7, 11) is 0. The van der Waals surface area contributed by atoms with Crippen LogP contribution < -0.4 is 5.32 Å². The molecule has 1 N–H and O–H groups in total. The molecular formula is C19H20N4O2. The van der Waals surface area contributed by atoms with E-state index >= 15 is 0 Å². The summed E-state index contributed by atoms with van der Waals surface area (Å²) in [6, 6.07) is 17.3. The van der Waals surface area contributed by atoms with E-state index in [0.717, 1.165) is 23.5 Å². The Morgan fingerprint density at radius 3 is 2.68 bits per heavy atom. The Kier molecular flexibility index (Phi) is 5.53. The van der Waals surface area contributed by atoms with E-state index in [1.165, 1.54) is 0 Å². The molecule has 0 unspecified atom stereocenters. The van der Waals surface area contributed by atoms with Gasteiger partial charge in [-0.1, -0.05) is 42.5 Å². The second kappa shape index (κ2) is 8.21. The van der Waals surface area contributed by atoms with Gasteiger partial charge >= 0.3 is 0 Å². The van der Waals surface area contributed by atoms with E-state index in [1.54, 1.807) is 6.33 Å². The average Bonchev–Trinajstić information content (AvgIpc) is 3.11. The third kappa shape index (κ3) is 4.30. The molecule has 6 heteroatoms. The van der Waals surface area contributed by atoms with Crippen LogP contribution in [0.5, 0.6) is 0 Å². The first kappa shape index (κ1) is 16.9. The van der Waals surface area contributed by atoms with Crippen molar-refractivity contribution in [3.63, 3.8) is 0 Å². The van der Waals surface area contributed by atoms with Gasteiger partial charge in [0.2, 0.25) is 5.91 Å². The smallest absolute Gasteiger partial charge is 0.250 e. The Labute approximate surface area is 146 Å². The van der Waals surface area contributed by atoms with E-state index in [9.17, 15) is 4.79 Å². The van der Waals surface area contributed by atoms with Crippen molar-refractivity contribution in [2.75, 3.05) is 11.9 Å². The molecule has 0 saturated carbocycles. The lowest BCUT2D eigenvalue weighted by Crippen LogP contribution is -2.19. The van der Waals surface area contributed by atoms with Gasteiger partial charge in [0.05, 0.1) is 12.3 Å². The molecule has 0 radical (unpaired) electrons. The molecule has 0 aliphatic rings. The van der Waals surface area contributed by atoms with Crippen molar-refractivity contribution in [1.82, 2.24) is 14.8 Å². The number of hydrogen-bond donors (Lipinski definition) is 1. The predicted octanol–water partition coefficient (Wildman–Crippen LogP) is 3.12. The fourth-order valence-electron chi connectivity index (χ4n) is 2.50. The van der Waals surface area contributed by atoms with Gasteiger partial charge in [0.25, 0.3) is 0 Å². The lowest BCUT2D eigenvalue weighted by atomic mass is 10.1. The summed E-state index contributed by atoms with van der Waals surface area (Å²) in [6.45, 7) is 3.17. The highest BCUT2D eigenvalue weighted by Crippen LogP contribution is 2.26. The van der Waals surface area contributed by atoms with Crippen LogP contribution >= 0.6 is 0 Å². The highest BCUT2D eigenvalue weighted by molar-refractivity contribution is 5.95. The number of benzene rings is 2. The average molecular weight is 336 g/mol. The number of nitrogens with zero attached hydrogens (tertiary/aromatic N) is 3. The molecule has 0 fully saturated rings. The molecule has 128 valence electrons. The maximum atomic E-state index is 12.2. The number of aryl methyl sites for hydroxylation is 1. The van der Waals surface area contributed by atoms with Crippen LogP contribution in [0.4, 0.5) is 5.69 Å². The maximum Gasteiger partial charge on any atom is 0.250 e. The second-order valence-corrected chi connectivity index (χ2v) is 5.51. The van der Waals surface area contributed by atoms with Crippen molar-refractivity contribution in [2.24, 2.45) is 0 Å². The van der Waals surface area contributed by atoms with Crippen LogP contribution in [0.15, 0.2) is 60.9 Å². The Bertz CT molecular complexity index is 830. The molecule has 0 atom stereocenters. The van der Waals surface area contributed by atoms with Gasteiger partial charge in [-0.25, -0.2) is 0 Å². The summed E-state index contributed by atoms with van der Waals surface area (Å²) in [5, 5.41) is 11.0. The zero-order valence-corrected chi connectivity index (χ0v) is 14.1. The number of amides is 1. The van der Waals surface area contributed by atoms with E-state index in [4.69, 9.17) is 4.74 Å². The standard InChI is InChI=1S/C19H20N4O2/c1-2-23-14-20-22-19(23)16-10-6-7-11-17(16)21-18(24)13-25-12-15-8-4-3-5-9-15/h3-11,14H,2,12-13H2,1H3,(H,21,24). The van der Waals surface area contributed by atoms with Crippen LogP contribution in [0, 0.1) is 0 Å². The van der Waals surface area contributed by atoms with Crippen molar-refractivity contribution in [1.29, 1.82) is 0 Å². The minimum Gasteiger partial charge on any atom is -0.367 e. The molecule has 3 rings (SSSR count). The van der Waals surface area contributed by atoms with Crippen LogP contribution in [0.1, 0.15) is 12.5 Å². The number of carbonyl (C=O) groups is 1. The van der Waals surface area contributed by atoms with Crippen molar-refractivity contribution in [3.05, 3.63) is 66.5 Å². The molecule has 1 heterocycles. The van der Waals surface area contributed by atoms with Gasteiger partial charge in [-0.15, -0.1) is 10.2 Å². The van der Waals surface area contributed by atoms with E-state index in [-0.39, 0.29) is 12.5 Å². The van der Waals surface area contributed by atoms with E-state index in [0.29, 0.717) is 12.3 Å². The fraction of sp³-hybridized carbons (Fsp3) is 0.211. The first-order valence-electron chi connectivity index (χ1n) is 8.16. The van der Waals surface area contributed by atoms with Crippen LogP contribution in [-0.4, -0.2) is 27.3 Å². The topological polar surface area (TPSA) is 69.0 Å². The SMILES string of the molecule is CCn1cnnc1-c1ccccc1NC(=O)COCc1ccccc1. The third-order valence-electron chi connectivity index (χ3n) is 3.74. The zero-order valence-electron chi connectivity index (χ0n) is 14.1. The molecule has 1 aromatic heterocycles. The Balaban J connectivity index is 1.64. The third-order valence-corrected chi connectivity index (χ3v) is 3.74. The summed E-state index contributed by atoms with van der Waals surface area (Å²) in [5.74, 6) is 0.523. The predicted molar refractivity (Wildman–Crippen MR) is 95.9 cm³/mol. The van der Waals surface area contributed by atoms with Gasteiger partial charge < -0.3 is 14.6 Å². The van der Waals surface area contributed by atoms with Crippen LogP contribution in [0.3, 0.4) is 0 Å². The molecule has 25 heavy (non-hydrogen) atoms. The Morgan fingerprint density at radius 1 is 1.12 bits per heavy atom. The highest BCUT2D eigenvalue weighted by Gasteiger charge is 2.13. The largest absolute Gasteiger partial charge is 0.367 e. The number of hydrogen-bond acceptors (Lipinski definition) is 4. The number of nitrogens with one attached hydrogen (secondary N) is 1.